The highest BCUT2D eigenvalue weighted by atomic mass is 79.9. The van der Waals surface area contributed by atoms with E-state index >= 15 is 0 Å². The van der Waals surface area contributed by atoms with Crippen LogP contribution in [-0.4, -0.2) is 28.1 Å². The van der Waals surface area contributed by atoms with E-state index in [4.69, 9.17) is 4.74 Å². The number of nitrogens with zero attached hydrogens (tertiary/aromatic N) is 2. The molecule has 0 unspecified atom stereocenters. The number of rotatable bonds is 6. The standard InChI is InChI=1S/C19H20BrN3O2/c1-13(25-16-9-7-15(20)8-10-16)19(24)21-11-12-23-14(2)22-17-5-3-4-6-18(17)23/h3-10,13H,11-12H2,1-2H3,(H,21,24)/t13-/m1/s1. The lowest BCUT2D eigenvalue weighted by atomic mass is 10.3. The molecule has 2 aromatic carbocycles. The molecular formula is C19H20BrN3O2. The number of hydrogen-bond acceptors (Lipinski definition) is 3. The number of imidazole rings is 1. The number of halogens is 1. The highest BCUT2D eigenvalue weighted by molar-refractivity contribution is 9.10. The van der Waals surface area contributed by atoms with E-state index in [1.54, 1.807) is 6.92 Å². The van der Waals surface area contributed by atoms with Crippen LogP contribution < -0.4 is 10.1 Å². The second-order valence-electron chi connectivity index (χ2n) is 5.80. The van der Waals surface area contributed by atoms with Crippen molar-refractivity contribution in [3.8, 4) is 5.75 Å². The van der Waals surface area contributed by atoms with Gasteiger partial charge >= 0.3 is 0 Å². The topological polar surface area (TPSA) is 56.2 Å². The fraction of sp³-hybridized carbons (Fsp3) is 0.263. The molecule has 0 fully saturated rings. The number of para-hydroxylation sites is 2. The van der Waals surface area contributed by atoms with E-state index in [-0.39, 0.29) is 5.91 Å². The van der Waals surface area contributed by atoms with E-state index in [1.165, 1.54) is 0 Å². The van der Waals surface area contributed by atoms with Crippen LogP contribution in [0.2, 0.25) is 0 Å². The molecule has 0 aliphatic heterocycles. The lowest BCUT2D eigenvalue weighted by Crippen LogP contribution is -2.38. The number of carbonyl (C=O) groups excluding carboxylic acids is 1. The van der Waals surface area contributed by atoms with Gasteiger partial charge in [0.1, 0.15) is 11.6 Å². The van der Waals surface area contributed by atoms with Gasteiger partial charge in [-0.3, -0.25) is 4.79 Å². The average molecular weight is 402 g/mol. The summed E-state index contributed by atoms with van der Waals surface area (Å²) in [5.74, 6) is 1.47. The van der Waals surface area contributed by atoms with Crippen molar-refractivity contribution in [3.63, 3.8) is 0 Å². The summed E-state index contributed by atoms with van der Waals surface area (Å²) in [6.07, 6.45) is -0.554. The van der Waals surface area contributed by atoms with Crippen LogP contribution in [0.4, 0.5) is 0 Å². The third-order valence-corrected chi connectivity index (χ3v) is 4.50. The molecule has 1 N–H and O–H groups in total. The quantitative estimate of drug-likeness (QED) is 0.684. The molecule has 0 radical (unpaired) electrons. The van der Waals surface area contributed by atoms with Gasteiger partial charge in [-0.1, -0.05) is 28.1 Å². The first-order valence-electron chi connectivity index (χ1n) is 8.16. The van der Waals surface area contributed by atoms with Gasteiger partial charge in [-0.15, -0.1) is 0 Å². The predicted octanol–water partition coefficient (Wildman–Crippen LogP) is 3.69. The average Bonchev–Trinajstić information content (AvgIpc) is 2.92. The minimum absolute atomic E-state index is 0.134. The first kappa shape index (κ1) is 17.5. The van der Waals surface area contributed by atoms with Crippen molar-refractivity contribution in [2.24, 2.45) is 0 Å². The number of nitrogens with one attached hydrogen (secondary N) is 1. The molecule has 25 heavy (non-hydrogen) atoms. The number of aryl methyl sites for hydroxylation is 1. The van der Waals surface area contributed by atoms with Crippen LogP contribution in [-0.2, 0) is 11.3 Å². The molecule has 0 saturated heterocycles. The van der Waals surface area contributed by atoms with E-state index in [1.807, 2.05) is 55.5 Å². The van der Waals surface area contributed by atoms with Gasteiger partial charge in [0.15, 0.2) is 6.10 Å². The molecule has 0 aliphatic rings. The van der Waals surface area contributed by atoms with E-state index in [0.29, 0.717) is 18.8 Å². The van der Waals surface area contributed by atoms with Crippen LogP contribution in [0.15, 0.2) is 53.0 Å². The Balaban J connectivity index is 1.55. The van der Waals surface area contributed by atoms with Gasteiger partial charge < -0.3 is 14.6 Å². The summed E-state index contributed by atoms with van der Waals surface area (Å²) in [6, 6.07) is 15.4. The zero-order valence-corrected chi connectivity index (χ0v) is 15.8. The Morgan fingerprint density at radius 2 is 1.96 bits per heavy atom. The second-order valence-corrected chi connectivity index (χ2v) is 6.72. The Bertz CT molecular complexity index is 874. The number of benzene rings is 2. The highest BCUT2D eigenvalue weighted by Crippen LogP contribution is 2.17. The minimum atomic E-state index is -0.554. The first-order valence-corrected chi connectivity index (χ1v) is 8.95. The molecule has 3 aromatic rings. The van der Waals surface area contributed by atoms with E-state index in [2.05, 4.69) is 30.8 Å². The van der Waals surface area contributed by atoms with Crippen molar-refractivity contribution < 1.29 is 9.53 Å². The maximum atomic E-state index is 12.2. The highest BCUT2D eigenvalue weighted by Gasteiger charge is 2.14. The Kier molecular flexibility index (Phi) is 5.38. The summed E-state index contributed by atoms with van der Waals surface area (Å²) in [6.45, 7) is 4.91. The summed E-state index contributed by atoms with van der Waals surface area (Å²) >= 11 is 3.37. The monoisotopic (exact) mass is 401 g/mol. The van der Waals surface area contributed by atoms with Crippen molar-refractivity contribution >= 4 is 32.9 Å². The maximum Gasteiger partial charge on any atom is 0.260 e. The third-order valence-electron chi connectivity index (χ3n) is 3.98. The zero-order chi connectivity index (χ0) is 17.8. The normalized spacial score (nSPS) is 12.1. The second kappa shape index (κ2) is 7.70. The molecule has 3 rings (SSSR count). The van der Waals surface area contributed by atoms with Gasteiger partial charge in [0.05, 0.1) is 11.0 Å². The van der Waals surface area contributed by atoms with E-state index in [9.17, 15) is 4.79 Å². The summed E-state index contributed by atoms with van der Waals surface area (Å²) in [7, 11) is 0. The SMILES string of the molecule is Cc1nc2ccccc2n1CCNC(=O)[C@@H](C)Oc1ccc(Br)cc1. The van der Waals surface area contributed by atoms with Gasteiger partial charge in [0, 0.05) is 17.6 Å². The van der Waals surface area contributed by atoms with E-state index < -0.39 is 6.10 Å². The molecule has 1 amide bonds. The van der Waals surface area contributed by atoms with Crippen LogP contribution in [0.3, 0.4) is 0 Å². The van der Waals surface area contributed by atoms with Gasteiger partial charge in [0.2, 0.25) is 0 Å². The summed E-state index contributed by atoms with van der Waals surface area (Å²) < 4.78 is 8.74. The van der Waals surface area contributed by atoms with Crippen LogP contribution >= 0.6 is 15.9 Å². The van der Waals surface area contributed by atoms with Crippen molar-refractivity contribution in [2.45, 2.75) is 26.5 Å². The van der Waals surface area contributed by atoms with Gasteiger partial charge in [0.25, 0.3) is 5.91 Å². The number of carbonyl (C=O) groups is 1. The molecule has 0 aliphatic carbocycles. The molecule has 0 saturated carbocycles. The third kappa shape index (κ3) is 4.20. The lowest BCUT2D eigenvalue weighted by Gasteiger charge is -2.15. The number of amides is 1. The maximum absolute atomic E-state index is 12.2. The molecule has 6 heteroatoms. The number of ether oxygens (including phenoxy) is 1. The summed E-state index contributed by atoms with van der Waals surface area (Å²) in [5.41, 5.74) is 2.05. The molecule has 1 atom stereocenters. The Morgan fingerprint density at radius 1 is 1.24 bits per heavy atom. The largest absolute Gasteiger partial charge is 0.481 e. The van der Waals surface area contributed by atoms with Crippen LogP contribution in [0.1, 0.15) is 12.7 Å². The van der Waals surface area contributed by atoms with Gasteiger partial charge in [-0.2, -0.15) is 0 Å². The van der Waals surface area contributed by atoms with Crippen LogP contribution in [0.5, 0.6) is 5.75 Å². The number of aromatic nitrogens is 2. The molecule has 1 aromatic heterocycles. The van der Waals surface area contributed by atoms with Gasteiger partial charge in [-0.25, -0.2) is 4.98 Å². The van der Waals surface area contributed by atoms with Crippen molar-refractivity contribution in [1.82, 2.24) is 14.9 Å². The van der Waals surface area contributed by atoms with Gasteiger partial charge in [-0.05, 0) is 50.2 Å². The lowest BCUT2D eigenvalue weighted by molar-refractivity contribution is -0.127. The zero-order valence-electron chi connectivity index (χ0n) is 14.2. The Labute approximate surface area is 155 Å². The van der Waals surface area contributed by atoms with Crippen molar-refractivity contribution in [3.05, 3.63) is 58.8 Å². The fourth-order valence-electron chi connectivity index (χ4n) is 2.68. The summed E-state index contributed by atoms with van der Waals surface area (Å²) in [4.78, 5) is 16.8. The minimum Gasteiger partial charge on any atom is -0.481 e. The fourth-order valence-corrected chi connectivity index (χ4v) is 2.95. The van der Waals surface area contributed by atoms with Crippen molar-refractivity contribution in [2.75, 3.05) is 6.54 Å². The van der Waals surface area contributed by atoms with Crippen LogP contribution in [0.25, 0.3) is 11.0 Å². The molecule has 5 nitrogen and oxygen atoms in total. The predicted molar refractivity (Wildman–Crippen MR) is 102 cm³/mol. The molecular weight excluding hydrogens is 382 g/mol. The molecule has 1 heterocycles. The number of hydrogen-bond donors (Lipinski definition) is 1. The molecule has 0 spiro atoms. The molecule has 130 valence electrons. The molecule has 0 bridgehead atoms. The smallest absolute Gasteiger partial charge is 0.260 e. The first-order chi connectivity index (χ1) is 12.0. The Morgan fingerprint density at radius 3 is 2.72 bits per heavy atom. The van der Waals surface area contributed by atoms with E-state index in [0.717, 1.165) is 21.3 Å². The Hall–Kier alpha value is -2.34. The van der Waals surface area contributed by atoms with Crippen molar-refractivity contribution in [1.29, 1.82) is 0 Å². The number of fused-ring (bicyclic) bond motifs is 1. The van der Waals surface area contributed by atoms with Crippen LogP contribution in [0, 0.1) is 6.92 Å². The summed E-state index contributed by atoms with van der Waals surface area (Å²) in [5, 5.41) is 2.92.